The van der Waals surface area contributed by atoms with Crippen LogP contribution in [0.3, 0.4) is 0 Å². The van der Waals surface area contributed by atoms with E-state index in [1.54, 1.807) is 37.3 Å². The smallest absolute Gasteiger partial charge is 0.267 e. The van der Waals surface area contributed by atoms with Gasteiger partial charge in [0.05, 0.1) is 0 Å². The van der Waals surface area contributed by atoms with Crippen molar-refractivity contribution in [1.29, 1.82) is 0 Å². The van der Waals surface area contributed by atoms with E-state index in [1.807, 2.05) is 12.1 Å². The maximum absolute atomic E-state index is 12.2. The molecule has 23 heavy (non-hydrogen) atoms. The first-order chi connectivity index (χ1) is 11.0. The van der Waals surface area contributed by atoms with Crippen molar-refractivity contribution in [2.24, 2.45) is 0 Å². The summed E-state index contributed by atoms with van der Waals surface area (Å²) in [5.41, 5.74) is 1.91. The molecule has 1 amide bonds. The first-order valence-electron chi connectivity index (χ1n) is 6.77. The van der Waals surface area contributed by atoms with Gasteiger partial charge in [-0.15, -0.1) is 5.10 Å². The van der Waals surface area contributed by atoms with Crippen molar-refractivity contribution in [3.63, 3.8) is 0 Å². The Bertz CT molecular complexity index is 850. The van der Waals surface area contributed by atoms with Gasteiger partial charge in [0, 0.05) is 15.2 Å². The molecule has 0 spiro atoms. The lowest BCUT2D eigenvalue weighted by Crippen LogP contribution is -2.35. The molecule has 1 N–H and O–H groups in total. The van der Waals surface area contributed by atoms with Crippen molar-refractivity contribution in [2.45, 2.75) is 13.0 Å². The summed E-state index contributed by atoms with van der Waals surface area (Å²) in [6.07, 6.45) is -0.762. The average molecular weight is 396 g/mol. The van der Waals surface area contributed by atoms with E-state index in [-0.39, 0.29) is 5.91 Å². The van der Waals surface area contributed by atoms with Crippen LogP contribution in [0.15, 0.2) is 46.9 Å². The molecule has 2 aromatic carbocycles. The summed E-state index contributed by atoms with van der Waals surface area (Å²) in [5, 5.41) is 11.1. The molecule has 0 saturated heterocycles. The van der Waals surface area contributed by atoms with Crippen molar-refractivity contribution in [3.8, 4) is 0 Å². The third-order valence-corrected chi connectivity index (χ3v) is 3.88. The van der Waals surface area contributed by atoms with Gasteiger partial charge >= 0.3 is 0 Å². The number of aromatic nitrogens is 3. The van der Waals surface area contributed by atoms with E-state index in [4.69, 9.17) is 16.4 Å². The first kappa shape index (κ1) is 15.8. The molecule has 0 bridgehead atoms. The molecule has 0 aliphatic carbocycles. The predicted molar refractivity (Wildman–Crippen MR) is 91.4 cm³/mol. The van der Waals surface area contributed by atoms with Gasteiger partial charge < -0.3 is 10.2 Å². The second-order valence-electron chi connectivity index (χ2n) is 4.84. The van der Waals surface area contributed by atoms with Crippen molar-refractivity contribution >= 4 is 50.2 Å². The summed E-state index contributed by atoms with van der Waals surface area (Å²) in [6, 6.07) is 12.4. The molecule has 3 aromatic rings. The second kappa shape index (κ2) is 6.55. The molecular weight excluding hydrogens is 384 g/mol. The van der Waals surface area contributed by atoms with Gasteiger partial charge in [0.2, 0.25) is 6.10 Å². The Morgan fingerprint density at radius 2 is 2.04 bits per heavy atom. The number of carbonyl (C=O) groups excluding carboxylic acids is 1. The molecular formula is C15H12BrClN4O2. The summed E-state index contributed by atoms with van der Waals surface area (Å²) in [5.74, 6) is -0.294. The van der Waals surface area contributed by atoms with Crippen LogP contribution in [0, 0.1) is 0 Å². The van der Waals surface area contributed by atoms with Crippen LogP contribution in [0.2, 0.25) is 5.02 Å². The van der Waals surface area contributed by atoms with E-state index in [0.29, 0.717) is 21.7 Å². The SMILES string of the molecule is CC(On1nnc2ccc(Cl)cc21)C(=O)Nc1ccc(Br)cc1. The number of hydrogen-bond acceptors (Lipinski definition) is 4. The highest BCUT2D eigenvalue weighted by molar-refractivity contribution is 9.10. The zero-order valence-electron chi connectivity index (χ0n) is 12.0. The van der Waals surface area contributed by atoms with Gasteiger partial charge in [-0.3, -0.25) is 4.79 Å². The van der Waals surface area contributed by atoms with Crippen LogP contribution in [0.5, 0.6) is 0 Å². The molecule has 118 valence electrons. The maximum Gasteiger partial charge on any atom is 0.267 e. The summed E-state index contributed by atoms with van der Waals surface area (Å²) < 4.78 is 0.936. The van der Waals surface area contributed by atoms with E-state index in [2.05, 4.69) is 31.6 Å². The number of hydrogen-bond donors (Lipinski definition) is 1. The molecule has 8 heteroatoms. The number of halogens is 2. The molecule has 0 fully saturated rings. The van der Waals surface area contributed by atoms with Gasteiger partial charge in [0.1, 0.15) is 11.0 Å². The maximum atomic E-state index is 12.2. The number of nitrogens with one attached hydrogen (secondary N) is 1. The minimum Gasteiger partial charge on any atom is -0.382 e. The number of carbonyl (C=O) groups is 1. The standard InChI is InChI=1S/C15H12BrClN4O2/c1-9(15(22)18-12-5-2-10(16)3-6-12)23-21-14-8-11(17)4-7-13(14)19-20-21/h2-9H,1H3,(H,18,22). The van der Waals surface area contributed by atoms with Gasteiger partial charge in [0.25, 0.3) is 5.91 Å². The molecule has 1 unspecified atom stereocenters. The number of nitrogens with zero attached hydrogens (tertiary/aromatic N) is 3. The van der Waals surface area contributed by atoms with E-state index < -0.39 is 6.10 Å². The quantitative estimate of drug-likeness (QED) is 0.736. The number of rotatable bonds is 4. The minimum atomic E-state index is -0.762. The minimum absolute atomic E-state index is 0.294. The Labute approximate surface area is 145 Å². The molecule has 1 aromatic heterocycles. The molecule has 0 aliphatic rings. The highest BCUT2D eigenvalue weighted by Crippen LogP contribution is 2.17. The third-order valence-electron chi connectivity index (χ3n) is 3.12. The summed E-state index contributed by atoms with van der Waals surface area (Å²) in [4.78, 5) is 18.9. The lowest BCUT2D eigenvalue weighted by molar-refractivity contribution is -0.127. The fourth-order valence-corrected chi connectivity index (χ4v) is 2.35. The van der Waals surface area contributed by atoms with Gasteiger partial charge in [-0.05, 0) is 54.6 Å². The largest absolute Gasteiger partial charge is 0.382 e. The van der Waals surface area contributed by atoms with E-state index in [0.717, 1.165) is 4.47 Å². The highest BCUT2D eigenvalue weighted by Gasteiger charge is 2.17. The lowest BCUT2D eigenvalue weighted by Gasteiger charge is -2.13. The third kappa shape index (κ3) is 3.62. The van der Waals surface area contributed by atoms with Crippen LogP contribution >= 0.6 is 27.5 Å². The first-order valence-corrected chi connectivity index (χ1v) is 7.94. The molecule has 3 rings (SSSR count). The number of benzene rings is 2. The number of amides is 1. The number of fused-ring (bicyclic) bond motifs is 1. The highest BCUT2D eigenvalue weighted by atomic mass is 79.9. The monoisotopic (exact) mass is 394 g/mol. The van der Waals surface area contributed by atoms with Crippen LogP contribution < -0.4 is 10.2 Å². The van der Waals surface area contributed by atoms with Gasteiger partial charge in [-0.2, -0.15) is 0 Å². The molecule has 0 radical (unpaired) electrons. The molecule has 1 heterocycles. The van der Waals surface area contributed by atoms with Crippen molar-refractivity contribution in [2.75, 3.05) is 5.32 Å². The fraction of sp³-hybridized carbons (Fsp3) is 0.133. The summed E-state index contributed by atoms with van der Waals surface area (Å²) >= 11 is 9.30. The average Bonchev–Trinajstić information content (AvgIpc) is 2.91. The van der Waals surface area contributed by atoms with Crippen LogP contribution in [-0.4, -0.2) is 27.2 Å². The Kier molecular flexibility index (Phi) is 4.49. The van der Waals surface area contributed by atoms with E-state index in [9.17, 15) is 4.79 Å². The number of anilines is 1. The Balaban J connectivity index is 1.72. The summed E-state index contributed by atoms with van der Waals surface area (Å²) in [7, 11) is 0. The van der Waals surface area contributed by atoms with Crippen LogP contribution in [0.1, 0.15) is 6.92 Å². The Morgan fingerprint density at radius 1 is 1.30 bits per heavy atom. The molecule has 6 nitrogen and oxygen atoms in total. The molecule has 1 atom stereocenters. The zero-order chi connectivity index (χ0) is 16.4. The zero-order valence-corrected chi connectivity index (χ0v) is 14.4. The van der Waals surface area contributed by atoms with E-state index >= 15 is 0 Å². The normalized spacial score (nSPS) is 12.1. The van der Waals surface area contributed by atoms with Crippen LogP contribution in [0.4, 0.5) is 5.69 Å². The van der Waals surface area contributed by atoms with Crippen molar-refractivity contribution in [3.05, 3.63) is 52.0 Å². The lowest BCUT2D eigenvalue weighted by atomic mass is 10.3. The van der Waals surface area contributed by atoms with Crippen molar-refractivity contribution in [1.82, 2.24) is 15.2 Å². The van der Waals surface area contributed by atoms with Gasteiger partial charge in [-0.1, -0.05) is 32.4 Å². The second-order valence-corrected chi connectivity index (χ2v) is 6.19. The van der Waals surface area contributed by atoms with Crippen LogP contribution in [0.25, 0.3) is 11.0 Å². The van der Waals surface area contributed by atoms with Gasteiger partial charge in [-0.25, -0.2) is 0 Å². The van der Waals surface area contributed by atoms with Crippen LogP contribution in [-0.2, 0) is 4.79 Å². The molecule has 0 aliphatic heterocycles. The Hall–Kier alpha value is -2.12. The topological polar surface area (TPSA) is 69.0 Å². The van der Waals surface area contributed by atoms with E-state index in [1.165, 1.54) is 4.85 Å². The van der Waals surface area contributed by atoms with Gasteiger partial charge in [0.15, 0.2) is 0 Å². The van der Waals surface area contributed by atoms with Crippen molar-refractivity contribution < 1.29 is 9.63 Å². The molecule has 0 saturated carbocycles. The summed E-state index contributed by atoms with van der Waals surface area (Å²) in [6.45, 7) is 1.63. The fourth-order valence-electron chi connectivity index (χ4n) is 1.92. The Morgan fingerprint density at radius 3 is 2.78 bits per heavy atom. The predicted octanol–water partition coefficient (Wildman–Crippen LogP) is 3.30.